The van der Waals surface area contributed by atoms with Crippen molar-refractivity contribution in [2.75, 3.05) is 0 Å². The fourth-order valence-corrected chi connectivity index (χ4v) is 10.3. The normalized spacial score (nSPS) is 15.5. The smallest absolute Gasteiger partial charge is 0.0619 e. The molecule has 62 heavy (non-hydrogen) atoms. The van der Waals surface area contributed by atoms with Crippen LogP contribution < -0.4 is 0 Å². The molecule has 1 saturated carbocycles. The third-order valence-corrected chi connectivity index (χ3v) is 14.0. The van der Waals surface area contributed by atoms with Gasteiger partial charge in [-0.3, -0.25) is 0 Å². The lowest BCUT2D eigenvalue weighted by Crippen LogP contribution is -2.28. The molecular weight excluding hydrogens is 745 g/mol. The molecular formula is C62H64. The van der Waals surface area contributed by atoms with Crippen LogP contribution in [0.2, 0.25) is 0 Å². The molecule has 8 aromatic rings. The largest absolute Gasteiger partial charge is 0.0713 e. The van der Waals surface area contributed by atoms with Crippen molar-refractivity contribution in [1.29, 1.82) is 0 Å². The SMILES string of the molecule is CC1(C)CCCCC1.CC1(C)c2ccccc2-c2ccccc21.Cc1cc2ccccc2cc1C.Cc1ccc(C2(c3ccc(C)cc3)c3ccccc3-c3ccccc32)cc1. The molecule has 0 saturated heterocycles. The number of fused-ring (bicyclic) bond motifs is 7. The van der Waals surface area contributed by atoms with Crippen LogP contribution in [0.3, 0.4) is 0 Å². The molecule has 3 aliphatic carbocycles. The Morgan fingerprint density at radius 1 is 0.339 bits per heavy atom. The summed E-state index contributed by atoms with van der Waals surface area (Å²) in [6, 6.07) is 66.3. The Labute approximate surface area is 372 Å². The first kappa shape index (κ1) is 42.7. The first-order valence-corrected chi connectivity index (χ1v) is 22.9. The van der Waals surface area contributed by atoms with E-state index in [0.717, 1.165) is 0 Å². The molecule has 0 N–H and O–H groups in total. The predicted octanol–water partition coefficient (Wildman–Crippen LogP) is 17.1. The average Bonchev–Trinajstić information content (AvgIpc) is 3.71. The average molecular weight is 809 g/mol. The molecule has 0 heteroatoms. The van der Waals surface area contributed by atoms with Gasteiger partial charge in [-0.15, -0.1) is 0 Å². The van der Waals surface area contributed by atoms with Gasteiger partial charge in [0.1, 0.15) is 0 Å². The third kappa shape index (κ3) is 8.33. The van der Waals surface area contributed by atoms with Crippen molar-refractivity contribution in [2.45, 2.75) is 98.3 Å². The quantitative estimate of drug-likeness (QED) is 0.163. The summed E-state index contributed by atoms with van der Waals surface area (Å²) < 4.78 is 0. The molecule has 0 amide bonds. The Morgan fingerprint density at radius 3 is 1.02 bits per heavy atom. The summed E-state index contributed by atoms with van der Waals surface area (Å²) in [7, 11) is 0. The van der Waals surface area contributed by atoms with Crippen LogP contribution >= 0.6 is 0 Å². The number of aryl methyl sites for hydroxylation is 4. The van der Waals surface area contributed by atoms with Gasteiger partial charge in [0.15, 0.2) is 0 Å². The zero-order valence-corrected chi connectivity index (χ0v) is 38.4. The second-order valence-corrected chi connectivity index (χ2v) is 19.3. The van der Waals surface area contributed by atoms with Crippen molar-refractivity contribution in [3.05, 3.63) is 238 Å². The van der Waals surface area contributed by atoms with Crippen LogP contribution in [-0.2, 0) is 10.8 Å². The summed E-state index contributed by atoms with van der Waals surface area (Å²) in [6.45, 7) is 18.0. The summed E-state index contributed by atoms with van der Waals surface area (Å²) in [5, 5.41) is 2.67. The topological polar surface area (TPSA) is 0 Å². The molecule has 0 aromatic heterocycles. The maximum atomic E-state index is 2.38. The van der Waals surface area contributed by atoms with E-state index in [1.54, 1.807) is 0 Å². The lowest BCUT2D eigenvalue weighted by Gasteiger charge is -2.34. The number of hydrogen-bond acceptors (Lipinski definition) is 0. The van der Waals surface area contributed by atoms with Gasteiger partial charge in [-0.05, 0) is 123 Å². The van der Waals surface area contributed by atoms with Crippen molar-refractivity contribution in [2.24, 2.45) is 5.41 Å². The molecule has 0 bridgehead atoms. The van der Waals surface area contributed by atoms with Crippen molar-refractivity contribution < 1.29 is 0 Å². The van der Waals surface area contributed by atoms with Crippen LogP contribution in [-0.4, -0.2) is 0 Å². The van der Waals surface area contributed by atoms with E-state index in [2.05, 4.69) is 237 Å². The minimum Gasteiger partial charge on any atom is -0.0619 e. The molecule has 11 rings (SSSR count). The Hall–Kier alpha value is -5.98. The summed E-state index contributed by atoms with van der Waals surface area (Å²) >= 11 is 0. The van der Waals surface area contributed by atoms with E-state index >= 15 is 0 Å². The van der Waals surface area contributed by atoms with E-state index in [4.69, 9.17) is 0 Å². The van der Waals surface area contributed by atoms with Gasteiger partial charge in [-0.25, -0.2) is 0 Å². The third-order valence-electron chi connectivity index (χ3n) is 14.0. The van der Waals surface area contributed by atoms with E-state index in [-0.39, 0.29) is 10.8 Å². The molecule has 312 valence electrons. The van der Waals surface area contributed by atoms with Gasteiger partial charge in [-0.1, -0.05) is 240 Å². The van der Waals surface area contributed by atoms with Gasteiger partial charge in [0.2, 0.25) is 0 Å². The molecule has 3 aliphatic rings. The molecule has 0 spiro atoms. The highest BCUT2D eigenvalue weighted by atomic mass is 14.5. The fraction of sp³-hybridized carbons (Fsp3) is 0.258. The second-order valence-electron chi connectivity index (χ2n) is 19.3. The summed E-state index contributed by atoms with van der Waals surface area (Å²) in [5.74, 6) is 0. The van der Waals surface area contributed by atoms with Crippen LogP contribution in [0.4, 0.5) is 0 Å². The Morgan fingerprint density at radius 2 is 0.661 bits per heavy atom. The highest BCUT2D eigenvalue weighted by Crippen LogP contribution is 2.56. The number of hydrogen-bond donors (Lipinski definition) is 0. The first-order chi connectivity index (χ1) is 29.9. The van der Waals surface area contributed by atoms with E-state index in [1.807, 2.05) is 0 Å². The molecule has 1 fully saturated rings. The highest BCUT2D eigenvalue weighted by Gasteiger charge is 2.45. The van der Waals surface area contributed by atoms with Crippen molar-refractivity contribution in [3.63, 3.8) is 0 Å². The molecule has 0 heterocycles. The van der Waals surface area contributed by atoms with Gasteiger partial charge in [0.25, 0.3) is 0 Å². The van der Waals surface area contributed by atoms with Crippen molar-refractivity contribution in [1.82, 2.24) is 0 Å². The van der Waals surface area contributed by atoms with Gasteiger partial charge in [-0.2, -0.15) is 0 Å². The first-order valence-electron chi connectivity index (χ1n) is 22.9. The van der Waals surface area contributed by atoms with Gasteiger partial charge in [0, 0.05) is 5.41 Å². The summed E-state index contributed by atoms with van der Waals surface area (Å²) in [4.78, 5) is 0. The lowest BCUT2D eigenvalue weighted by atomic mass is 9.67. The molecule has 0 radical (unpaired) electrons. The maximum Gasteiger partial charge on any atom is 0.0713 e. The minimum atomic E-state index is -0.269. The van der Waals surface area contributed by atoms with Crippen molar-refractivity contribution in [3.8, 4) is 22.3 Å². The zero-order valence-electron chi connectivity index (χ0n) is 38.4. The van der Waals surface area contributed by atoms with Gasteiger partial charge < -0.3 is 0 Å². The Bertz CT molecular complexity index is 2600. The molecule has 0 nitrogen and oxygen atoms in total. The van der Waals surface area contributed by atoms with Crippen LogP contribution in [0.15, 0.2) is 182 Å². The van der Waals surface area contributed by atoms with E-state index in [9.17, 15) is 0 Å². The lowest BCUT2D eigenvalue weighted by molar-refractivity contribution is 0.244. The molecule has 8 aromatic carbocycles. The Kier molecular flexibility index (Phi) is 12.2. The monoisotopic (exact) mass is 809 g/mol. The van der Waals surface area contributed by atoms with Crippen LogP contribution in [0.25, 0.3) is 33.0 Å². The second kappa shape index (κ2) is 17.8. The number of benzene rings is 8. The van der Waals surface area contributed by atoms with Gasteiger partial charge >= 0.3 is 0 Å². The Balaban J connectivity index is 0.000000127. The fourth-order valence-electron chi connectivity index (χ4n) is 10.3. The van der Waals surface area contributed by atoms with E-state index < -0.39 is 0 Å². The summed E-state index contributed by atoms with van der Waals surface area (Å²) in [6.07, 6.45) is 7.31. The van der Waals surface area contributed by atoms with E-state index in [0.29, 0.717) is 5.41 Å². The van der Waals surface area contributed by atoms with Crippen molar-refractivity contribution >= 4 is 10.8 Å². The van der Waals surface area contributed by atoms with Gasteiger partial charge in [0.05, 0.1) is 5.41 Å². The van der Waals surface area contributed by atoms with Crippen LogP contribution in [0.1, 0.15) is 115 Å². The predicted molar refractivity (Wildman–Crippen MR) is 268 cm³/mol. The number of rotatable bonds is 2. The molecule has 0 unspecified atom stereocenters. The molecule has 0 aliphatic heterocycles. The van der Waals surface area contributed by atoms with Crippen LogP contribution in [0, 0.1) is 33.1 Å². The minimum absolute atomic E-state index is 0.160. The molecule has 0 atom stereocenters. The van der Waals surface area contributed by atoms with Crippen LogP contribution in [0.5, 0.6) is 0 Å². The van der Waals surface area contributed by atoms with E-state index in [1.165, 1.54) is 121 Å². The summed E-state index contributed by atoms with van der Waals surface area (Å²) in [5.41, 5.74) is 19.7. The highest BCUT2D eigenvalue weighted by molar-refractivity contribution is 5.86. The standard InChI is InChI=1S/C27H22.C15H14.C12H12.C8H16/c1-19-11-15-21(16-12-19)27(22-17-13-20(2)14-18-22)25-9-5-3-7-23(25)24-8-4-6-10-26(24)27;1-15(2)13-9-5-3-7-11(13)12-8-4-6-10-14(12)15;1-9-7-11-5-3-4-6-12(11)8-10(9)2;1-8(2)6-4-3-5-7-8/h3-18H,1-2H3;3-10H,1-2H3;3-8H,1-2H3;3-7H2,1-2H3. The maximum absolute atomic E-state index is 2.38. The zero-order chi connectivity index (χ0) is 43.5.